The van der Waals surface area contributed by atoms with Crippen LogP contribution in [0.2, 0.25) is 0 Å². The first-order chi connectivity index (χ1) is 13.6. The van der Waals surface area contributed by atoms with Crippen molar-refractivity contribution < 1.29 is 9.18 Å². The molecule has 5 nitrogen and oxygen atoms in total. The van der Waals surface area contributed by atoms with Crippen molar-refractivity contribution in [1.29, 1.82) is 5.26 Å². The number of nitrogens with two attached hydrogens (primary N) is 1. The second kappa shape index (κ2) is 9.70. The minimum absolute atomic E-state index is 0.127. The lowest BCUT2D eigenvalue weighted by Crippen LogP contribution is -2.47. The van der Waals surface area contributed by atoms with Crippen LogP contribution in [0.15, 0.2) is 35.4 Å². The summed E-state index contributed by atoms with van der Waals surface area (Å²) >= 11 is 0. The van der Waals surface area contributed by atoms with Crippen molar-refractivity contribution in [2.75, 3.05) is 37.6 Å². The molecule has 0 spiro atoms. The summed E-state index contributed by atoms with van der Waals surface area (Å²) in [6, 6.07) is 9.04. The maximum Gasteiger partial charge on any atom is 0.245 e. The Labute approximate surface area is 166 Å². The predicted octanol–water partition coefficient (Wildman–Crippen LogP) is 3.22. The van der Waals surface area contributed by atoms with Gasteiger partial charge in [-0.1, -0.05) is 17.7 Å². The molecule has 2 aliphatic rings. The van der Waals surface area contributed by atoms with Crippen LogP contribution >= 0.6 is 0 Å². The number of allylic oxidation sites excluding steroid dienone is 1. The predicted molar refractivity (Wildman–Crippen MR) is 108 cm³/mol. The van der Waals surface area contributed by atoms with Crippen LogP contribution < -0.4 is 10.6 Å². The number of piperazine rings is 1. The summed E-state index contributed by atoms with van der Waals surface area (Å²) in [4.78, 5) is 16.1. The highest BCUT2D eigenvalue weighted by atomic mass is 19.1. The van der Waals surface area contributed by atoms with Crippen LogP contribution in [0.4, 0.5) is 10.1 Å². The van der Waals surface area contributed by atoms with Gasteiger partial charge in [-0.05, 0) is 56.7 Å². The monoisotopic (exact) mass is 384 g/mol. The summed E-state index contributed by atoms with van der Waals surface area (Å²) in [6.07, 6.45) is 5.16. The molecule has 1 saturated carbocycles. The standard InChI is InChI=1S/C22H29FN4O/c23-20-3-1-2-4-21(20)27-15-13-26(14-16-27)12-10-17-5-7-18(8-6-17)19(9-11-24)22(25)28/h1-4,17H,5-10,12-16H2,(H2,25,28). The fraction of sp³-hybridized carbons (Fsp3) is 0.545. The molecular weight excluding hydrogens is 355 g/mol. The van der Waals surface area contributed by atoms with Gasteiger partial charge in [-0.3, -0.25) is 9.69 Å². The van der Waals surface area contributed by atoms with Gasteiger partial charge < -0.3 is 10.6 Å². The van der Waals surface area contributed by atoms with Crippen LogP contribution in [0.25, 0.3) is 0 Å². The van der Waals surface area contributed by atoms with Gasteiger partial charge in [0.1, 0.15) is 5.82 Å². The second-order valence-electron chi connectivity index (χ2n) is 7.79. The number of hydrogen-bond acceptors (Lipinski definition) is 4. The van der Waals surface area contributed by atoms with Gasteiger partial charge in [0.2, 0.25) is 5.91 Å². The lowest BCUT2D eigenvalue weighted by atomic mass is 9.81. The largest absolute Gasteiger partial charge is 0.367 e. The fourth-order valence-corrected chi connectivity index (χ4v) is 4.37. The molecule has 1 heterocycles. The number of carbonyl (C=O) groups excluding carboxylic acids is 1. The summed E-state index contributed by atoms with van der Waals surface area (Å²) in [5.41, 5.74) is 7.75. The van der Waals surface area contributed by atoms with Crippen LogP contribution in [0, 0.1) is 23.1 Å². The van der Waals surface area contributed by atoms with Gasteiger partial charge in [0.25, 0.3) is 0 Å². The van der Waals surface area contributed by atoms with E-state index in [1.165, 1.54) is 6.07 Å². The highest BCUT2D eigenvalue weighted by molar-refractivity contribution is 5.93. The summed E-state index contributed by atoms with van der Waals surface area (Å²) in [5.74, 6) is 0.0704. The number of nitrogens with zero attached hydrogens (tertiary/aromatic N) is 3. The number of para-hydroxylation sites is 1. The molecule has 0 atom stereocenters. The van der Waals surface area contributed by atoms with E-state index in [-0.39, 0.29) is 12.2 Å². The van der Waals surface area contributed by atoms with Gasteiger partial charge >= 0.3 is 0 Å². The first-order valence-corrected chi connectivity index (χ1v) is 10.2. The average molecular weight is 384 g/mol. The molecule has 0 unspecified atom stereocenters. The number of primary amides is 1. The number of anilines is 1. The highest BCUT2D eigenvalue weighted by Crippen LogP contribution is 2.33. The van der Waals surface area contributed by atoms with Gasteiger partial charge in [-0.25, -0.2) is 4.39 Å². The maximum absolute atomic E-state index is 13.9. The molecule has 1 aromatic rings. The normalized spacial score (nSPS) is 20.6. The molecule has 1 amide bonds. The molecule has 28 heavy (non-hydrogen) atoms. The quantitative estimate of drug-likeness (QED) is 0.764. The van der Waals surface area contributed by atoms with E-state index >= 15 is 0 Å². The van der Waals surface area contributed by atoms with Crippen LogP contribution in [-0.4, -0.2) is 43.5 Å². The second-order valence-corrected chi connectivity index (χ2v) is 7.79. The number of halogens is 1. The lowest BCUT2D eigenvalue weighted by Gasteiger charge is -2.37. The van der Waals surface area contributed by atoms with E-state index in [4.69, 9.17) is 11.0 Å². The molecule has 150 valence electrons. The van der Waals surface area contributed by atoms with Crippen LogP contribution in [0.3, 0.4) is 0 Å². The number of benzene rings is 1. The summed E-state index contributed by atoms with van der Waals surface area (Å²) < 4.78 is 13.9. The minimum Gasteiger partial charge on any atom is -0.367 e. The van der Waals surface area contributed by atoms with Crippen LogP contribution in [0.5, 0.6) is 0 Å². The maximum atomic E-state index is 13.9. The Hall–Kier alpha value is -2.39. The Bertz CT molecular complexity index is 752. The third-order valence-electron chi connectivity index (χ3n) is 6.11. The van der Waals surface area contributed by atoms with Crippen molar-refractivity contribution in [2.45, 2.75) is 38.5 Å². The van der Waals surface area contributed by atoms with Crippen LogP contribution in [-0.2, 0) is 4.79 Å². The van der Waals surface area contributed by atoms with E-state index in [1.807, 2.05) is 12.1 Å². The minimum atomic E-state index is -0.442. The van der Waals surface area contributed by atoms with Gasteiger partial charge in [-0.15, -0.1) is 0 Å². The molecule has 0 bridgehead atoms. The van der Waals surface area contributed by atoms with Crippen molar-refractivity contribution >= 4 is 11.6 Å². The SMILES string of the molecule is N#CCC(C(N)=O)=C1CCC(CCN2CCN(c3ccccc3F)CC2)CC1. The fourth-order valence-electron chi connectivity index (χ4n) is 4.37. The summed E-state index contributed by atoms with van der Waals surface area (Å²) in [7, 11) is 0. The summed E-state index contributed by atoms with van der Waals surface area (Å²) in [6.45, 7) is 4.69. The smallest absolute Gasteiger partial charge is 0.245 e. The highest BCUT2D eigenvalue weighted by Gasteiger charge is 2.23. The van der Waals surface area contributed by atoms with Crippen molar-refractivity contribution in [3.63, 3.8) is 0 Å². The lowest BCUT2D eigenvalue weighted by molar-refractivity contribution is -0.114. The van der Waals surface area contributed by atoms with E-state index in [9.17, 15) is 9.18 Å². The molecule has 1 aliphatic heterocycles. The molecule has 1 aliphatic carbocycles. The molecule has 1 saturated heterocycles. The van der Waals surface area contributed by atoms with Crippen molar-refractivity contribution in [3.05, 3.63) is 41.2 Å². The number of rotatable bonds is 6. The van der Waals surface area contributed by atoms with E-state index in [2.05, 4.69) is 15.9 Å². The topological polar surface area (TPSA) is 73.4 Å². The van der Waals surface area contributed by atoms with Gasteiger partial charge in [0.15, 0.2) is 0 Å². The average Bonchev–Trinajstić information content (AvgIpc) is 2.72. The van der Waals surface area contributed by atoms with E-state index in [1.54, 1.807) is 6.07 Å². The first-order valence-electron chi connectivity index (χ1n) is 10.2. The zero-order chi connectivity index (χ0) is 19.9. The Morgan fingerprint density at radius 2 is 1.86 bits per heavy atom. The third-order valence-corrected chi connectivity index (χ3v) is 6.11. The Kier molecular flexibility index (Phi) is 7.05. The first kappa shape index (κ1) is 20.3. The van der Waals surface area contributed by atoms with E-state index < -0.39 is 5.91 Å². The van der Waals surface area contributed by atoms with E-state index in [0.717, 1.165) is 70.4 Å². The number of hydrogen-bond donors (Lipinski definition) is 1. The molecular formula is C22H29FN4O. The van der Waals surface area contributed by atoms with Crippen molar-refractivity contribution in [1.82, 2.24) is 4.90 Å². The van der Waals surface area contributed by atoms with Gasteiger partial charge in [0.05, 0.1) is 18.2 Å². The Balaban J connectivity index is 1.42. The molecule has 6 heteroatoms. The van der Waals surface area contributed by atoms with Gasteiger partial charge in [0, 0.05) is 31.8 Å². The molecule has 0 aromatic heterocycles. The summed E-state index contributed by atoms with van der Waals surface area (Å²) in [5, 5.41) is 8.88. The Morgan fingerprint density at radius 1 is 1.18 bits per heavy atom. The number of nitriles is 1. The van der Waals surface area contributed by atoms with Crippen molar-refractivity contribution in [3.8, 4) is 6.07 Å². The zero-order valence-corrected chi connectivity index (χ0v) is 16.4. The number of carbonyl (C=O) groups is 1. The molecule has 0 radical (unpaired) electrons. The zero-order valence-electron chi connectivity index (χ0n) is 16.4. The Morgan fingerprint density at radius 3 is 2.46 bits per heavy atom. The number of amides is 1. The molecule has 3 rings (SSSR count). The van der Waals surface area contributed by atoms with Crippen molar-refractivity contribution in [2.24, 2.45) is 11.7 Å². The molecule has 1 aromatic carbocycles. The molecule has 2 fully saturated rings. The van der Waals surface area contributed by atoms with Crippen LogP contribution in [0.1, 0.15) is 38.5 Å². The van der Waals surface area contributed by atoms with Gasteiger partial charge in [-0.2, -0.15) is 5.26 Å². The van der Waals surface area contributed by atoms with E-state index in [0.29, 0.717) is 17.2 Å². The molecule has 2 N–H and O–H groups in total. The third kappa shape index (κ3) is 5.11.